The number of ether oxygens (including phenoxy) is 1. The van der Waals surface area contributed by atoms with Gasteiger partial charge in [0.15, 0.2) is 0 Å². The molecule has 2 aromatic rings. The van der Waals surface area contributed by atoms with Gasteiger partial charge in [0.1, 0.15) is 5.75 Å². The Morgan fingerprint density at radius 3 is 2.39 bits per heavy atom. The Labute approximate surface area is 195 Å². The number of hydrogen-bond donors (Lipinski definition) is 2. The highest BCUT2D eigenvalue weighted by Crippen LogP contribution is 2.31. The summed E-state index contributed by atoms with van der Waals surface area (Å²) in [4.78, 5) is 32.0. The minimum atomic E-state index is -0.673. The lowest BCUT2D eigenvalue weighted by Crippen LogP contribution is -2.49. The molecule has 2 N–H and O–H groups in total. The van der Waals surface area contributed by atoms with Crippen molar-refractivity contribution in [3.05, 3.63) is 53.6 Å². The van der Waals surface area contributed by atoms with Crippen LogP contribution in [0.2, 0.25) is 0 Å². The molecular formula is C25H33N5O3. The predicted octanol–water partition coefficient (Wildman–Crippen LogP) is 1.73. The number of methoxy groups -OCH3 is 1. The molecule has 8 nitrogen and oxygen atoms in total. The Hall–Kier alpha value is -3.10. The van der Waals surface area contributed by atoms with E-state index in [4.69, 9.17) is 4.74 Å². The van der Waals surface area contributed by atoms with E-state index in [2.05, 4.69) is 57.6 Å². The number of rotatable bonds is 6. The van der Waals surface area contributed by atoms with Gasteiger partial charge in [-0.2, -0.15) is 0 Å². The number of anilines is 2. The Bertz CT molecular complexity index is 986. The summed E-state index contributed by atoms with van der Waals surface area (Å²) >= 11 is 0. The van der Waals surface area contributed by atoms with Crippen LogP contribution in [0.5, 0.6) is 5.75 Å². The number of fused-ring (bicyclic) bond motifs is 1. The molecule has 8 heteroatoms. The summed E-state index contributed by atoms with van der Waals surface area (Å²) < 4.78 is 5.12. The van der Waals surface area contributed by atoms with Crippen molar-refractivity contribution in [3.8, 4) is 5.75 Å². The third-order valence-corrected chi connectivity index (χ3v) is 6.60. The summed E-state index contributed by atoms with van der Waals surface area (Å²) in [5, 5.41) is 5.52. The fourth-order valence-corrected chi connectivity index (χ4v) is 4.52. The third kappa shape index (κ3) is 5.46. The molecule has 2 heterocycles. The normalized spacial score (nSPS) is 17.4. The van der Waals surface area contributed by atoms with Crippen LogP contribution in [0.1, 0.15) is 17.2 Å². The Morgan fingerprint density at radius 2 is 1.70 bits per heavy atom. The molecule has 0 unspecified atom stereocenters. The zero-order valence-electron chi connectivity index (χ0n) is 19.6. The lowest BCUT2D eigenvalue weighted by Gasteiger charge is -2.38. The maximum Gasteiger partial charge on any atom is 0.313 e. The number of amides is 2. The van der Waals surface area contributed by atoms with E-state index in [1.807, 2.05) is 0 Å². The van der Waals surface area contributed by atoms with Crippen molar-refractivity contribution in [2.75, 3.05) is 70.7 Å². The van der Waals surface area contributed by atoms with Gasteiger partial charge in [-0.15, -0.1) is 0 Å². The zero-order valence-corrected chi connectivity index (χ0v) is 19.6. The fraction of sp³-hybridized carbons (Fsp3) is 0.440. The molecule has 2 amide bonds. The minimum absolute atomic E-state index is 0.0210. The van der Waals surface area contributed by atoms with Gasteiger partial charge in [-0.1, -0.05) is 12.1 Å². The fourth-order valence-electron chi connectivity index (χ4n) is 4.52. The molecule has 33 heavy (non-hydrogen) atoms. The summed E-state index contributed by atoms with van der Waals surface area (Å²) in [7, 11) is 5.82. The first-order valence-electron chi connectivity index (χ1n) is 11.4. The Kier molecular flexibility index (Phi) is 7.15. The molecule has 0 aromatic heterocycles. The number of nitrogens with zero attached hydrogens (tertiary/aromatic N) is 3. The van der Waals surface area contributed by atoms with Crippen LogP contribution in [-0.2, 0) is 16.0 Å². The molecule has 1 atom stereocenters. The van der Waals surface area contributed by atoms with Crippen LogP contribution in [0.4, 0.5) is 11.4 Å². The van der Waals surface area contributed by atoms with Crippen molar-refractivity contribution in [2.24, 2.45) is 0 Å². The van der Waals surface area contributed by atoms with Crippen LogP contribution in [0.25, 0.3) is 0 Å². The van der Waals surface area contributed by atoms with E-state index in [9.17, 15) is 9.59 Å². The Morgan fingerprint density at radius 1 is 0.970 bits per heavy atom. The molecule has 1 fully saturated rings. The maximum atomic E-state index is 12.6. The quantitative estimate of drug-likeness (QED) is 0.652. The number of carbonyl (C=O) groups is 2. The number of nitrogens with one attached hydrogen (secondary N) is 2. The zero-order chi connectivity index (χ0) is 23.4. The molecule has 2 aliphatic heterocycles. The van der Waals surface area contributed by atoms with Gasteiger partial charge < -0.3 is 25.2 Å². The van der Waals surface area contributed by atoms with E-state index >= 15 is 0 Å². The van der Waals surface area contributed by atoms with Crippen LogP contribution < -0.4 is 20.3 Å². The number of carbonyl (C=O) groups excluding carboxylic acids is 2. The van der Waals surface area contributed by atoms with Crippen LogP contribution in [0, 0.1) is 0 Å². The van der Waals surface area contributed by atoms with Crippen LogP contribution in [0.15, 0.2) is 42.5 Å². The number of likely N-dealkylation sites (N-methyl/N-ethyl adjacent to an activating group) is 2. The highest BCUT2D eigenvalue weighted by molar-refractivity contribution is 6.39. The molecule has 2 aromatic carbocycles. The second kappa shape index (κ2) is 10.2. The van der Waals surface area contributed by atoms with Crippen molar-refractivity contribution in [1.82, 2.24) is 15.1 Å². The summed E-state index contributed by atoms with van der Waals surface area (Å²) in [6.45, 7) is 5.22. The SMILES string of the molecule is COc1ccc(NC(=O)C(=O)NC[C@@H](c2ccc3c(c2)CCN3C)N2CCN(C)CC2)cc1. The molecule has 0 saturated carbocycles. The largest absolute Gasteiger partial charge is 0.497 e. The van der Waals surface area contributed by atoms with Crippen molar-refractivity contribution in [3.63, 3.8) is 0 Å². The van der Waals surface area contributed by atoms with E-state index in [0.29, 0.717) is 18.0 Å². The average molecular weight is 452 g/mol. The van der Waals surface area contributed by atoms with Gasteiger partial charge in [-0.05, 0) is 54.9 Å². The highest BCUT2D eigenvalue weighted by atomic mass is 16.5. The van der Waals surface area contributed by atoms with Gasteiger partial charge in [0.2, 0.25) is 0 Å². The van der Waals surface area contributed by atoms with E-state index in [0.717, 1.165) is 39.1 Å². The highest BCUT2D eigenvalue weighted by Gasteiger charge is 2.27. The molecule has 4 rings (SSSR count). The molecule has 176 valence electrons. The lowest BCUT2D eigenvalue weighted by molar-refractivity contribution is -0.136. The smallest absolute Gasteiger partial charge is 0.313 e. The van der Waals surface area contributed by atoms with Gasteiger partial charge in [-0.3, -0.25) is 14.5 Å². The second-order valence-corrected chi connectivity index (χ2v) is 8.81. The topological polar surface area (TPSA) is 77.1 Å². The monoisotopic (exact) mass is 451 g/mol. The standard InChI is InChI=1S/C25H33N5O3/c1-28-12-14-30(15-13-28)23(18-4-9-22-19(16-18)10-11-29(22)2)17-26-24(31)25(32)27-20-5-7-21(33-3)8-6-20/h4-9,16,23H,10-15,17H2,1-3H3,(H,26,31)(H,27,32)/t23-/m0/s1. The van der Waals surface area contributed by atoms with E-state index in [1.165, 1.54) is 16.8 Å². The van der Waals surface area contributed by atoms with E-state index in [1.54, 1.807) is 31.4 Å². The number of piperazine rings is 1. The Balaban J connectivity index is 1.43. The van der Waals surface area contributed by atoms with Crippen LogP contribution >= 0.6 is 0 Å². The van der Waals surface area contributed by atoms with E-state index < -0.39 is 11.8 Å². The molecule has 1 saturated heterocycles. The maximum absolute atomic E-state index is 12.6. The first-order valence-corrected chi connectivity index (χ1v) is 11.4. The molecule has 0 bridgehead atoms. The van der Waals surface area contributed by atoms with Gasteiger partial charge in [0.25, 0.3) is 0 Å². The lowest BCUT2D eigenvalue weighted by atomic mass is 10.00. The summed E-state index contributed by atoms with van der Waals surface area (Å²) in [6, 6.07) is 13.5. The van der Waals surface area contributed by atoms with Gasteiger partial charge in [0, 0.05) is 57.7 Å². The average Bonchev–Trinajstić information content (AvgIpc) is 3.20. The van der Waals surface area contributed by atoms with Gasteiger partial charge in [0.05, 0.1) is 13.2 Å². The van der Waals surface area contributed by atoms with Crippen molar-refractivity contribution in [1.29, 1.82) is 0 Å². The minimum Gasteiger partial charge on any atom is -0.497 e. The van der Waals surface area contributed by atoms with Crippen molar-refractivity contribution >= 4 is 23.2 Å². The molecule has 0 radical (unpaired) electrons. The third-order valence-electron chi connectivity index (χ3n) is 6.60. The molecule has 2 aliphatic rings. The van der Waals surface area contributed by atoms with Gasteiger partial charge in [-0.25, -0.2) is 0 Å². The van der Waals surface area contributed by atoms with Crippen molar-refractivity contribution in [2.45, 2.75) is 12.5 Å². The molecule has 0 spiro atoms. The summed E-state index contributed by atoms with van der Waals surface area (Å²) in [5.74, 6) is -0.619. The predicted molar refractivity (Wildman–Crippen MR) is 130 cm³/mol. The van der Waals surface area contributed by atoms with Crippen LogP contribution in [0.3, 0.4) is 0 Å². The summed E-state index contributed by atoms with van der Waals surface area (Å²) in [6.07, 6.45) is 1.03. The molecular weight excluding hydrogens is 418 g/mol. The second-order valence-electron chi connectivity index (χ2n) is 8.81. The van der Waals surface area contributed by atoms with Crippen molar-refractivity contribution < 1.29 is 14.3 Å². The van der Waals surface area contributed by atoms with Crippen LogP contribution in [-0.4, -0.2) is 82.1 Å². The summed E-state index contributed by atoms with van der Waals surface area (Å²) in [5.41, 5.74) is 4.36. The first-order chi connectivity index (χ1) is 15.9. The number of hydrogen-bond acceptors (Lipinski definition) is 6. The van der Waals surface area contributed by atoms with E-state index in [-0.39, 0.29) is 6.04 Å². The molecule has 0 aliphatic carbocycles. The van der Waals surface area contributed by atoms with Gasteiger partial charge >= 0.3 is 11.8 Å². The first kappa shape index (κ1) is 23.1. The number of benzene rings is 2.